The van der Waals surface area contributed by atoms with Crippen LogP contribution in [0.25, 0.3) is 0 Å². The van der Waals surface area contributed by atoms with Gasteiger partial charge in [-0.15, -0.1) is 0 Å². The fourth-order valence-electron chi connectivity index (χ4n) is 2.85. The number of nitrogens with zero attached hydrogens (tertiary/aromatic N) is 2. The van der Waals surface area contributed by atoms with E-state index >= 15 is 0 Å². The molecule has 0 saturated carbocycles. The van der Waals surface area contributed by atoms with E-state index in [0.29, 0.717) is 25.3 Å². The zero-order chi connectivity index (χ0) is 21.8. The number of guanidine groups is 1. The van der Waals surface area contributed by atoms with Gasteiger partial charge in [-0.25, -0.2) is 0 Å². The summed E-state index contributed by atoms with van der Waals surface area (Å²) in [6.07, 6.45) is 0.760. The Bertz CT molecular complexity index is 821. The van der Waals surface area contributed by atoms with Crippen LogP contribution in [0.1, 0.15) is 22.8 Å². The van der Waals surface area contributed by atoms with E-state index in [9.17, 15) is 4.79 Å². The van der Waals surface area contributed by atoms with Gasteiger partial charge in [0.2, 0.25) is 0 Å². The molecule has 0 aliphatic rings. The average molecular weight is 413 g/mol. The second-order valence-electron chi connectivity index (χ2n) is 6.71. The first-order chi connectivity index (χ1) is 14.6. The number of carbonyl (C=O) groups excluding carboxylic acids is 1. The number of rotatable bonds is 10. The van der Waals surface area contributed by atoms with Crippen LogP contribution in [0.5, 0.6) is 11.5 Å². The summed E-state index contributed by atoms with van der Waals surface area (Å²) in [6, 6.07) is 15.2. The molecule has 0 unspecified atom stereocenters. The summed E-state index contributed by atoms with van der Waals surface area (Å²) in [4.78, 5) is 18.5. The molecule has 0 aliphatic heterocycles. The molecule has 1 amide bonds. The van der Waals surface area contributed by atoms with E-state index < -0.39 is 0 Å². The molecule has 0 atom stereocenters. The molecule has 0 aliphatic carbocycles. The number of likely N-dealkylation sites (N-methyl/N-ethyl adjacent to an activating group) is 1. The number of aliphatic imine (C=N–C) groups is 1. The highest BCUT2D eigenvalue weighted by molar-refractivity contribution is 5.94. The van der Waals surface area contributed by atoms with Crippen molar-refractivity contribution in [1.29, 1.82) is 0 Å². The maximum atomic E-state index is 11.8. The molecule has 2 aromatic rings. The van der Waals surface area contributed by atoms with Crippen LogP contribution in [0, 0.1) is 0 Å². The molecule has 2 rings (SSSR count). The predicted octanol–water partition coefficient (Wildman–Crippen LogP) is 2.57. The van der Waals surface area contributed by atoms with Crippen molar-refractivity contribution in [2.75, 3.05) is 47.4 Å². The minimum absolute atomic E-state index is 0.0784. The molecule has 0 radical (unpaired) electrons. The van der Waals surface area contributed by atoms with Crippen molar-refractivity contribution in [3.63, 3.8) is 0 Å². The number of ether oxygens (including phenoxy) is 2. The lowest BCUT2D eigenvalue weighted by molar-refractivity contribution is 0.0963. The Kier molecular flexibility index (Phi) is 9.51. The Morgan fingerprint density at radius 3 is 2.53 bits per heavy atom. The van der Waals surface area contributed by atoms with Gasteiger partial charge in [0, 0.05) is 32.7 Å². The van der Waals surface area contributed by atoms with Gasteiger partial charge in [-0.05, 0) is 55.3 Å². The van der Waals surface area contributed by atoms with E-state index in [1.54, 1.807) is 14.2 Å². The van der Waals surface area contributed by atoms with Crippen molar-refractivity contribution in [2.24, 2.45) is 4.99 Å². The highest BCUT2D eigenvalue weighted by Gasteiger charge is 2.07. The Morgan fingerprint density at radius 1 is 1.13 bits per heavy atom. The maximum Gasteiger partial charge on any atom is 0.251 e. The highest BCUT2D eigenvalue weighted by atomic mass is 16.5. The monoisotopic (exact) mass is 412 g/mol. The third-order valence-corrected chi connectivity index (χ3v) is 4.53. The van der Waals surface area contributed by atoms with Crippen LogP contribution in [0.15, 0.2) is 53.5 Å². The molecule has 2 N–H and O–H groups in total. The van der Waals surface area contributed by atoms with Crippen LogP contribution in [0.2, 0.25) is 0 Å². The topological polar surface area (TPSA) is 75.2 Å². The molecule has 0 saturated heterocycles. The minimum Gasteiger partial charge on any atom is -0.497 e. The quantitative estimate of drug-likeness (QED) is 0.463. The lowest BCUT2D eigenvalue weighted by Gasteiger charge is -2.22. The Morgan fingerprint density at radius 2 is 1.87 bits per heavy atom. The fourth-order valence-corrected chi connectivity index (χ4v) is 2.85. The molecule has 0 heterocycles. The van der Waals surface area contributed by atoms with E-state index in [1.165, 1.54) is 0 Å². The minimum atomic E-state index is -0.0784. The Balaban J connectivity index is 1.86. The molecule has 2 aromatic carbocycles. The summed E-state index contributed by atoms with van der Waals surface area (Å²) < 4.78 is 11.0. The van der Waals surface area contributed by atoms with Gasteiger partial charge in [0.15, 0.2) is 5.96 Å². The number of carbonyl (C=O) groups is 1. The van der Waals surface area contributed by atoms with Crippen LogP contribution in [0.3, 0.4) is 0 Å². The number of nitrogens with one attached hydrogen (secondary N) is 2. The van der Waals surface area contributed by atoms with Gasteiger partial charge in [-0.2, -0.15) is 0 Å². The highest BCUT2D eigenvalue weighted by Crippen LogP contribution is 2.16. The summed E-state index contributed by atoms with van der Waals surface area (Å²) in [5.74, 6) is 2.37. The smallest absolute Gasteiger partial charge is 0.251 e. The summed E-state index contributed by atoms with van der Waals surface area (Å²) in [6.45, 7) is 4.70. The summed E-state index contributed by atoms with van der Waals surface area (Å²) in [5.41, 5.74) is 1.75. The number of amides is 1. The Labute approximate surface area is 179 Å². The molecule has 0 aromatic heterocycles. The molecule has 7 nitrogen and oxygen atoms in total. The molecule has 162 valence electrons. The fraction of sp³-hybridized carbons (Fsp3) is 0.391. The van der Waals surface area contributed by atoms with Crippen molar-refractivity contribution in [3.8, 4) is 11.5 Å². The second-order valence-corrected chi connectivity index (χ2v) is 6.71. The first kappa shape index (κ1) is 23.1. The largest absolute Gasteiger partial charge is 0.497 e. The molecular weight excluding hydrogens is 380 g/mol. The van der Waals surface area contributed by atoms with Crippen molar-refractivity contribution in [1.82, 2.24) is 15.5 Å². The third kappa shape index (κ3) is 7.31. The summed E-state index contributed by atoms with van der Waals surface area (Å²) >= 11 is 0. The van der Waals surface area contributed by atoms with Gasteiger partial charge in [0.1, 0.15) is 18.1 Å². The van der Waals surface area contributed by atoms with E-state index in [-0.39, 0.29) is 5.91 Å². The van der Waals surface area contributed by atoms with E-state index in [2.05, 4.69) is 10.6 Å². The molecular formula is C23H32N4O3. The molecule has 0 fully saturated rings. The zero-order valence-corrected chi connectivity index (χ0v) is 18.3. The van der Waals surface area contributed by atoms with Gasteiger partial charge in [-0.3, -0.25) is 9.79 Å². The second kappa shape index (κ2) is 12.4. The van der Waals surface area contributed by atoms with Gasteiger partial charge in [0.05, 0.1) is 13.7 Å². The van der Waals surface area contributed by atoms with Crippen molar-refractivity contribution in [3.05, 3.63) is 59.7 Å². The van der Waals surface area contributed by atoms with Gasteiger partial charge < -0.3 is 25.0 Å². The SMILES string of the molecule is CCNC(=NCCc1cccc(C(=O)NC)c1)N(C)CCOc1ccc(OC)cc1. The van der Waals surface area contributed by atoms with Crippen LogP contribution in [-0.2, 0) is 6.42 Å². The molecule has 0 bridgehead atoms. The van der Waals surface area contributed by atoms with Crippen LogP contribution >= 0.6 is 0 Å². The predicted molar refractivity (Wildman–Crippen MR) is 121 cm³/mol. The van der Waals surface area contributed by atoms with Crippen LogP contribution in [0.4, 0.5) is 0 Å². The number of hydrogen-bond donors (Lipinski definition) is 2. The maximum absolute atomic E-state index is 11.8. The van der Waals surface area contributed by atoms with E-state index in [0.717, 1.165) is 36.0 Å². The first-order valence-electron chi connectivity index (χ1n) is 10.1. The summed E-state index contributed by atoms with van der Waals surface area (Å²) in [5, 5.41) is 5.96. The first-order valence-corrected chi connectivity index (χ1v) is 10.1. The van der Waals surface area contributed by atoms with E-state index in [1.807, 2.05) is 67.4 Å². The van der Waals surface area contributed by atoms with Gasteiger partial charge >= 0.3 is 0 Å². The van der Waals surface area contributed by atoms with Crippen molar-refractivity contribution in [2.45, 2.75) is 13.3 Å². The van der Waals surface area contributed by atoms with Gasteiger partial charge in [-0.1, -0.05) is 12.1 Å². The average Bonchev–Trinajstić information content (AvgIpc) is 2.78. The lowest BCUT2D eigenvalue weighted by atomic mass is 10.1. The van der Waals surface area contributed by atoms with Crippen molar-refractivity contribution >= 4 is 11.9 Å². The Hall–Kier alpha value is -3.22. The standard InChI is InChI=1S/C23H32N4O3/c1-5-25-23(26-14-13-18-7-6-8-19(17-18)22(28)24-2)27(3)15-16-30-21-11-9-20(29-4)10-12-21/h6-12,17H,5,13-16H2,1-4H3,(H,24,28)(H,25,26). The molecule has 7 heteroatoms. The number of benzene rings is 2. The number of methoxy groups -OCH3 is 1. The third-order valence-electron chi connectivity index (χ3n) is 4.53. The lowest BCUT2D eigenvalue weighted by Crippen LogP contribution is -2.41. The van der Waals surface area contributed by atoms with Gasteiger partial charge in [0.25, 0.3) is 5.91 Å². The summed E-state index contributed by atoms with van der Waals surface area (Å²) in [7, 11) is 5.27. The number of hydrogen-bond acceptors (Lipinski definition) is 4. The molecule has 30 heavy (non-hydrogen) atoms. The van der Waals surface area contributed by atoms with Crippen LogP contribution < -0.4 is 20.1 Å². The molecule has 0 spiro atoms. The van der Waals surface area contributed by atoms with E-state index in [4.69, 9.17) is 14.5 Å². The normalized spacial score (nSPS) is 11.0. The zero-order valence-electron chi connectivity index (χ0n) is 18.3. The van der Waals surface area contributed by atoms with Crippen molar-refractivity contribution < 1.29 is 14.3 Å². The van der Waals surface area contributed by atoms with Crippen LogP contribution in [-0.4, -0.2) is 64.2 Å².